The van der Waals surface area contributed by atoms with Gasteiger partial charge in [0.25, 0.3) is 0 Å². The van der Waals surface area contributed by atoms with Crippen LogP contribution in [0.15, 0.2) is 30.3 Å². The monoisotopic (exact) mass is 344 g/mol. The van der Waals surface area contributed by atoms with Gasteiger partial charge in [0.2, 0.25) is 5.91 Å². The van der Waals surface area contributed by atoms with E-state index < -0.39 is 5.41 Å². The highest BCUT2D eigenvalue weighted by Gasteiger charge is 2.41. The van der Waals surface area contributed by atoms with E-state index in [1.165, 1.54) is 12.8 Å². The van der Waals surface area contributed by atoms with Crippen molar-refractivity contribution in [2.45, 2.75) is 51.0 Å². The second-order valence-corrected chi connectivity index (χ2v) is 7.84. The fraction of sp³-hybridized carbons (Fsp3) is 0.667. The normalized spacial score (nSPS) is 23.1. The zero-order chi connectivity index (χ0) is 17.7. The number of carbonyl (C=O) groups is 1. The Morgan fingerprint density at radius 2 is 1.88 bits per heavy atom. The predicted octanol–water partition coefficient (Wildman–Crippen LogP) is 2.97. The van der Waals surface area contributed by atoms with Crippen LogP contribution in [0, 0.1) is 5.92 Å². The fourth-order valence-electron chi connectivity index (χ4n) is 4.13. The van der Waals surface area contributed by atoms with Gasteiger partial charge in [0, 0.05) is 25.8 Å². The maximum absolute atomic E-state index is 13.2. The lowest BCUT2D eigenvalue weighted by molar-refractivity contribution is -0.130. The van der Waals surface area contributed by atoms with Gasteiger partial charge in [-0.3, -0.25) is 9.69 Å². The van der Waals surface area contributed by atoms with Gasteiger partial charge in [-0.15, -0.1) is 0 Å². The van der Waals surface area contributed by atoms with Crippen LogP contribution in [-0.4, -0.2) is 49.7 Å². The Kier molecular flexibility index (Phi) is 6.13. The smallest absolute Gasteiger partial charge is 0.230 e. The first-order valence-electron chi connectivity index (χ1n) is 9.77. The van der Waals surface area contributed by atoms with Gasteiger partial charge >= 0.3 is 0 Å². The Morgan fingerprint density at radius 1 is 1.24 bits per heavy atom. The second kappa shape index (κ2) is 8.33. The van der Waals surface area contributed by atoms with Crippen LogP contribution < -0.4 is 5.32 Å². The van der Waals surface area contributed by atoms with Crippen molar-refractivity contribution < 1.29 is 9.53 Å². The average molecular weight is 344 g/mol. The lowest BCUT2D eigenvalue weighted by atomic mass is 9.73. The molecule has 0 spiro atoms. The standard InChI is InChI=1S/C21H32N2O2/c1-17-8-12-23(13-9-17)18(2)16-22-20(24)21(10-14-25-15-11-21)19-6-4-3-5-7-19/h3-7,17-18H,8-16H2,1-2H3,(H,22,24)/t18-/m1/s1. The summed E-state index contributed by atoms with van der Waals surface area (Å²) in [7, 11) is 0. The third-order valence-electron chi connectivity index (χ3n) is 6.11. The van der Waals surface area contributed by atoms with E-state index in [1.807, 2.05) is 18.2 Å². The number of rotatable bonds is 5. The Hall–Kier alpha value is -1.39. The van der Waals surface area contributed by atoms with Crippen molar-refractivity contribution in [2.75, 3.05) is 32.8 Å². The number of benzene rings is 1. The average Bonchev–Trinajstić information content (AvgIpc) is 2.67. The number of nitrogens with zero attached hydrogens (tertiary/aromatic N) is 1. The largest absolute Gasteiger partial charge is 0.381 e. The van der Waals surface area contributed by atoms with Gasteiger partial charge in [-0.05, 0) is 57.2 Å². The predicted molar refractivity (Wildman–Crippen MR) is 101 cm³/mol. The minimum atomic E-state index is -0.435. The molecular weight excluding hydrogens is 312 g/mol. The number of nitrogens with one attached hydrogen (secondary N) is 1. The zero-order valence-corrected chi connectivity index (χ0v) is 15.7. The Bertz CT molecular complexity index is 546. The first kappa shape index (κ1) is 18.4. The lowest BCUT2D eigenvalue weighted by Gasteiger charge is -2.38. The van der Waals surface area contributed by atoms with Crippen LogP contribution in [0.4, 0.5) is 0 Å². The molecular formula is C21H32N2O2. The van der Waals surface area contributed by atoms with E-state index in [0.717, 1.165) is 44.0 Å². The van der Waals surface area contributed by atoms with Crippen LogP contribution in [0.25, 0.3) is 0 Å². The molecule has 0 aliphatic carbocycles. The molecule has 0 bridgehead atoms. The molecule has 2 heterocycles. The summed E-state index contributed by atoms with van der Waals surface area (Å²) in [5.74, 6) is 1.00. The SMILES string of the molecule is CC1CCN([C@H](C)CNC(=O)C2(c3ccccc3)CCOCC2)CC1. The third-order valence-corrected chi connectivity index (χ3v) is 6.11. The summed E-state index contributed by atoms with van der Waals surface area (Å²) in [4.78, 5) is 15.7. The molecule has 0 unspecified atom stereocenters. The summed E-state index contributed by atoms with van der Waals surface area (Å²) in [5, 5.41) is 3.26. The molecule has 3 rings (SSSR count). The molecule has 4 nitrogen and oxygen atoms in total. The molecule has 0 aromatic heterocycles. The Labute approximate surface area is 151 Å². The van der Waals surface area contributed by atoms with Gasteiger partial charge in [0.05, 0.1) is 5.41 Å². The molecule has 1 aromatic carbocycles. The number of hydrogen-bond acceptors (Lipinski definition) is 3. The molecule has 2 fully saturated rings. The van der Waals surface area contributed by atoms with Crippen LogP contribution in [0.5, 0.6) is 0 Å². The van der Waals surface area contributed by atoms with Crippen molar-refractivity contribution in [2.24, 2.45) is 5.92 Å². The molecule has 2 aliphatic heterocycles. The maximum Gasteiger partial charge on any atom is 0.230 e. The highest BCUT2D eigenvalue weighted by molar-refractivity contribution is 5.88. The molecule has 4 heteroatoms. The van der Waals surface area contributed by atoms with Gasteiger partial charge in [0.1, 0.15) is 0 Å². The van der Waals surface area contributed by atoms with Crippen LogP contribution in [0.3, 0.4) is 0 Å². The third kappa shape index (κ3) is 4.24. The lowest BCUT2D eigenvalue weighted by Crippen LogP contribution is -2.52. The van der Waals surface area contributed by atoms with Crippen LogP contribution >= 0.6 is 0 Å². The van der Waals surface area contributed by atoms with Crippen LogP contribution in [0.1, 0.15) is 45.1 Å². The van der Waals surface area contributed by atoms with E-state index >= 15 is 0 Å². The van der Waals surface area contributed by atoms with Crippen molar-refractivity contribution in [3.05, 3.63) is 35.9 Å². The zero-order valence-electron chi connectivity index (χ0n) is 15.7. The highest BCUT2D eigenvalue weighted by atomic mass is 16.5. The summed E-state index contributed by atoms with van der Waals surface area (Å²) in [6, 6.07) is 10.6. The Balaban J connectivity index is 1.63. The van der Waals surface area contributed by atoms with Crippen LogP contribution in [0.2, 0.25) is 0 Å². The molecule has 0 saturated carbocycles. The molecule has 1 N–H and O–H groups in total. The molecule has 1 aromatic rings. The number of piperidine rings is 1. The summed E-state index contributed by atoms with van der Waals surface area (Å²) in [6.07, 6.45) is 4.06. The van der Waals surface area contributed by atoms with E-state index in [4.69, 9.17) is 4.74 Å². The molecule has 138 valence electrons. The number of ether oxygens (including phenoxy) is 1. The van der Waals surface area contributed by atoms with Gasteiger partial charge in [-0.1, -0.05) is 37.3 Å². The van der Waals surface area contributed by atoms with Gasteiger partial charge < -0.3 is 10.1 Å². The van der Waals surface area contributed by atoms with E-state index in [2.05, 4.69) is 36.2 Å². The van der Waals surface area contributed by atoms with Gasteiger partial charge in [-0.25, -0.2) is 0 Å². The quantitative estimate of drug-likeness (QED) is 0.893. The maximum atomic E-state index is 13.2. The van der Waals surface area contributed by atoms with E-state index in [0.29, 0.717) is 19.3 Å². The van der Waals surface area contributed by atoms with E-state index in [9.17, 15) is 4.79 Å². The first-order chi connectivity index (χ1) is 12.1. The van der Waals surface area contributed by atoms with Crippen molar-refractivity contribution in [3.63, 3.8) is 0 Å². The molecule has 1 atom stereocenters. The first-order valence-corrected chi connectivity index (χ1v) is 9.77. The summed E-state index contributed by atoms with van der Waals surface area (Å²) in [5.41, 5.74) is 0.686. The number of amides is 1. The van der Waals surface area contributed by atoms with Crippen molar-refractivity contribution in [1.29, 1.82) is 0 Å². The van der Waals surface area contributed by atoms with E-state index in [1.54, 1.807) is 0 Å². The summed E-state index contributed by atoms with van der Waals surface area (Å²) >= 11 is 0. The van der Waals surface area contributed by atoms with Crippen LogP contribution in [-0.2, 0) is 14.9 Å². The molecule has 2 aliphatic rings. The van der Waals surface area contributed by atoms with Crippen molar-refractivity contribution >= 4 is 5.91 Å². The van der Waals surface area contributed by atoms with Crippen molar-refractivity contribution in [1.82, 2.24) is 10.2 Å². The molecule has 25 heavy (non-hydrogen) atoms. The highest BCUT2D eigenvalue weighted by Crippen LogP contribution is 2.35. The topological polar surface area (TPSA) is 41.6 Å². The molecule has 1 amide bonds. The Morgan fingerprint density at radius 3 is 2.52 bits per heavy atom. The minimum Gasteiger partial charge on any atom is -0.381 e. The number of hydrogen-bond donors (Lipinski definition) is 1. The molecule has 0 radical (unpaired) electrons. The number of carbonyl (C=O) groups excluding carboxylic acids is 1. The molecule has 2 saturated heterocycles. The second-order valence-electron chi connectivity index (χ2n) is 7.84. The van der Waals surface area contributed by atoms with Gasteiger partial charge in [-0.2, -0.15) is 0 Å². The summed E-state index contributed by atoms with van der Waals surface area (Å²) < 4.78 is 5.54. The fourth-order valence-corrected chi connectivity index (χ4v) is 4.13. The summed E-state index contributed by atoms with van der Waals surface area (Å²) in [6.45, 7) is 8.89. The van der Waals surface area contributed by atoms with Crippen molar-refractivity contribution in [3.8, 4) is 0 Å². The number of likely N-dealkylation sites (tertiary alicyclic amines) is 1. The minimum absolute atomic E-state index is 0.166. The van der Waals surface area contributed by atoms with Gasteiger partial charge in [0.15, 0.2) is 0 Å². The van der Waals surface area contributed by atoms with E-state index in [-0.39, 0.29) is 5.91 Å².